The zero-order chi connectivity index (χ0) is 23.0. The van der Waals surface area contributed by atoms with Crippen molar-refractivity contribution in [1.82, 2.24) is 9.80 Å². The Labute approximate surface area is 192 Å². The Balaban J connectivity index is 1.86. The van der Waals surface area contributed by atoms with Crippen LogP contribution < -0.4 is 0 Å². The van der Waals surface area contributed by atoms with Gasteiger partial charge in [-0.05, 0) is 31.9 Å². The van der Waals surface area contributed by atoms with Gasteiger partial charge in [-0.25, -0.2) is 4.79 Å². The number of ether oxygens (including phenoxy) is 3. The molecule has 0 saturated carbocycles. The van der Waals surface area contributed by atoms with E-state index in [1.165, 1.54) is 11.1 Å². The molecule has 0 aromatic heterocycles. The zero-order valence-corrected chi connectivity index (χ0v) is 19.7. The molecule has 174 valence electrons. The minimum absolute atomic E-state index is 0.0264. The van der Waals surface area contributed by atoms with Crippen LogP contribution in [-0.4, -0.2) is 74.1 Å². The van der Waals surface area contributed by atoms with Crippen LogP contribution >= 0.6 is 0 Å². The molecule has 0 unspecified atom stereocenters. The second kappa shape index (κ2) is 11.5. The fraction of sp³-hybridized carbons (Fsp3) is 0.500. The largest absolute Gasteiger partial charge is 0.444 e. The van der Waals surface area contributed by atoms with Gasteiger partial charge < -0.3 is 19.1 Å². The predicted molar refractivity (Wildman–Crippen MR) is 126 cm³/mol. The van der Waals surface area contributed by atoms with Crippen LogP contribution in [-0.2, 0) is 14.2 Å². The molecule has 0 N–H and O–H groups in total. The molecule has 2 aromatic carbocycles. The standard InChI is InChI=1S/C26H36N2O4/c1-26(2,3)32-25(29)27-15-16-28(23(19-27)20-31-18-17-30-4)24(21-11-7-5-8-12-21)22-13-9-6-10-14-22/h5-14,23-24H,15-20H2,1-4H3/t23-/m0/s1. The molecule has 32 heavy (non-hydrogen) atoms. The van der Waals surface area contributed by atoms with Crippen LogP contribution in [0, 0.1) is 0 Å². The minimum Gasteiger partial charge on any atom is -0.444 e. The summed E-state index contributed by atoms with van der Waals surface area (Å²) in [5.74, 6) is 0. The third-order valence-corrected chi connectivity index (χ3v) is 5.48. The molecule has 1 amide bonds. The van der Waals surface area contributed by atoms with Gasteiger partial charge >= 0.3 is 6.09 Å². The normalized spacial score (nSPS) is 17.5. The average Bonchev–Trinajstić information content (AvgIpc) is 2.78. The van der Waals surface area contributed by atoms with Crippen LogP contribution in [0.25, 0.3) is 0 Å². The van der Waals surface area contributed by atoms with E-state index in [0.717, 1.165) is 6.54 Å². The highest BCUT2D eigenvalue weighted by Gasteiger charge is 2.36. The van der Waals surface area contributed by atoms with E-state index in [2.05, 4.69) is 53.4 Å². The maximum Gasteiger partial charge on any atom is 0.410 e. The first kappa shape index (κ1) is 24.2. The average molecular weight is 441 g/mol. The molecular formula is C26H36N2O4. The summed E-state index contributed by atoms with van der Waals surface area (Å²) in [7, 11) is 1.67. The van der Waals surface area contributed by atoms with E-state index < -0.39 is 5.60 Å². The van der Waals surface area contributed by atoms with Gasteiger partial charge in [-0.1, -0.05) is 60.7 Å². The number of hydrogen-bond acceptors (Lipinski definition) is 5. The maximum absolute atomic E-state index is 12.8. The van der Waals surface area contributed by atoms with Crippen LogP contribution in [0.2, 0.25) is 0 Å². The third kappa shape index (κ3) is 6.79. The number of benzene rings is 2. The summed E-state index contributed by atoms with van der Waals surface area (Å²) in [6, 6.07) is 21.2. The topological polar surface area (TPSA) is 51.2 Å². The van der Waals surface area contributed by atoms with Crippen molar-refractivity contribution in [2.75, 3.05) is 46.6 Å². The van der Waals surface area contributed by atoms with E-state index in [0.29, 0.717) is 32.9 Å². The molecule has 1 atom stereocenters. The van der Waals surface area contributed by atoms with Gasteiger partial charge in [-0.2, -0.15) is 0 Å². The Morgan fingerprint density at radius 1 is 0.969 bits per heavy atom. The number of nitrogens with zero attached hydrogens (tertiary/aromatic N) is 2. The van der Waals surface area contributed by atoms with E-state index in [4.69, 9.17) is 14.2 Å². The van der Waals surface area contributed by atoms with Crippen LogP contribution in [0.3, 0.4) is 0 Å². The highest BCUT2D eigenvalue weighted by Crippen LogP contribution is 2.32. The van der Waals surface area contributed by atoms with Crippen molar-refractivity contribution in [3.8, 4) is 0 Å². The molecule has 6 nitrogen and oxygen atoms in total. The summed E-state index contributed by atoms with van der Waals surface area (Å²) in [5.41, 5.74) is 1.94. The quantitative estimate of drug-likeness (QED) is 0.571. The zero-order valence-electron chi connectivity index (χ0n) is 19.7. The lowest BCUT2D eigenvalue weighted by atomic mass is 9.94. The van der Waals surface area contributed by atoms with Crippen LogP contribution in [0.4, 0.5) is 4.79 Å². The number of piperazine rings is 1. The van der Waals surface area contributed by atoms with Crippen LogP contribution in [0.1, 0.15) is 37.9 Å². The summed E-state index contributed by atoms with van der Waals surface area (Å²) in [6.07, 6.45) is -0.269. The molecule has 0 aliphatic carbocycles. The maximum atomic E-state index is 12.8. The van der Waals surface area contributed by atoms with Gasteiger partial charge in [-0.3, -0.25) is 4.90 Å². The number of rotatable bonds is 8. The lowest BCUT2D eigenvalue weighted by Crippen LogP contribution is -2.58. The van der Waals surface area contributed by atoms with E-state index in [1.54, 1.807) is 12.0 Å². The molecule has 1 fully saturated rings. The van der Waals surface area contributed by atoms with Gasteiger partial charge in [0.15, 0.2) is 0 Å². The second-order valence-corrected chi connectivity index (χ2v) is 9.11. The van der Waals surface area contributed by atoms with Crippen molar-refractivity contribution < 1.29 is 19.0 Å². The van der Waals surface area contributed by atoms with Gasteiger partial charge in [-0.15, -0.1) is 0 Å². The van der Waals surface area contributed by atoms with Crippen molar-refractivity contribution in [1.29, 1.82) is 0 Å². The smallest absolute Gasteiger partial charge is 0.410 e. The first-order chi connectivity index (χ1) is 15.4. The third-order valence-electron chi connectivity index (χ3n) is 5.48. The number of hydrogen-bond donors (Lipinski definition) is 0. The molecule has 2 aromatic rings. The highest BCUT2D eigenvalue weighted by molar-refractivity contribution is 5.68. The Morgan fingerprint density at radius 3 is 2.09 bits per heavy atom. The molecule has 1 aliphatic heterocycles. The summed E-state index contributed by atoms with van der Waals surface area (Å²) in [4.78, 5) is 17.0. The fourth-order valence-electron chi connectivity index (χ4n) is 4.06. The Bertz CT molecular complexity index is 783. The van der Waals surface area contributed by atoms with Gasteiger partial charge in [0.1, 0.15) is 5.60 Å². The summed E-state index contributed by atoms with van der Waals surface area (Å²) in [6.45, 7) is 9.16. The molecule has 3 rings (SSSR count). The summed E-state index contributed by atoms with van der Waals surface area (Å²) in [5, 5.41) is 0. The van der Waals surface area contributed by atoms with Crippen LogP contribution in [0.15, 0.2) is 60.7 Å². The van der Waals surface area contributed by atoms with Gasteiger partial charge in [0.2, 0.25) is 0 Å². The Hall–Kier alpha value is -2.41. The second-order valence-electron chi connectivity index (χ2n) is 9.11. The molecule has 1 saturated heterocycles. The predicted octanol–water partition coefficient (Wildman–Crippen LogP) is 4.36. The van der Waals surface area contributed by atoms with Crippen molar-refractivity contribution in [3.05, 3.63) is 71.8 Å². The lowest BCUT2D eigenvalue weighted by molar-refractivity contribution is -0.0285. The van der Waals surface area contributed by atoms with Crippen molar-refractivity contribution >= 4 is 6.09 Å². The van der Waals surface area contributed by atoms with Gasteiger partial charge in [0.25, 0.3) is 0 Å². The highest BCUT2D eigenvalue weighted by atomic mass is 16.6. The number of carbonyl (C=O) groups is 1. The lowest BCUT2D eigenvalue weighted by Gasteiger charge is -2.45. The number of carbonyl (C=O) groups excluding carboxylic acids is 1. The van der Waals surface area contributed by atoms with Crippen LogP contribution in [0.5, 0.6) is 0 Å². The molecule has 0 spiro atoms. The summed E-state index contributed by atoms with van der Waals surface area (Å²) >= 11 is 0. The molecule has 6 heteroatoms. The number of amides is 1. The monoisotopic (exact) mass is 440 g/mol. The molecule has 0 bridgehead atoms. The van der Waals surface area contributed by atoms with E-state index in [-0.39, 0.29) is 18.2 Å². The number of methoxy groups -OCH3 is 1. The first-order valence-electron chi connectivity index (χ1n) is 11.3. The fourth-order valence-corrected chi connectivity index (χ4v) is 4.06. The van der Waals surface area contributed by atoms with Gasteiger partial charge in [0.05, 0.1) is 31.9 Å². The molecule has 0 radical (unpaired) electrons. The minimum atomic E-state index is -0.519. The van der Waals surface area contributed by atoms with Crippen molar-refractivity contribution in [2.24, 2.45) is 0 Å². The van der Waals surface area contributed by atoms with E-state index in [9.17, 15) is 4.79 Å². The van der Waals surface area contributed by atoms with Crippen molar-refractivity contribution in [3.63, 3.8) is 0 Å². The summed E-state index contributed by atoms with van der Waals surface area (Å²) < 4.78 is 16.7. The Morgan fingerprint density at radius 2 is 1.56 bits per heavy atom. The van der Waals surface area contributed by atoms with Gasteiger partial charge in [0, 0.05) is 26.7 Å². The molecular weight excluding hydrogens is 404 g/mol. The van der Waals surface area contributed by atoms with Crippen molar-refractivity contribution in [2.45, 2.75) is 38.5 Å². The Kier molecular flexibility index (Phi) is 8.67. The SMILES string of the molecule is COCCOC[C@@H]1CN(C(=O)OC(C)(C)C)CCN1C(c1ccccc1)c1ccccc1. The first-order valence-corrected chi connectivity index (χ1v) is 11.3. The molecule has 1 heterocycles. The molecule has 1 aliphatic rings. The van der Waals surface area contributed by atoms with E-state index >= 15 is 0 Å². The van der Waals surface area contributed by atoms with E-state index in [1.807, 2.05) is 32.9 Å².